The van der Waals surface area contributed by atoms with Crippen molar-refractivity contribution in [1.82, 2.24) is 0 Å². The Labute approximate surface area is 80.8 Å². The molecule has 0 aliphatic heterocycles. The van der Waals surface area contributed by atoms with Gasteiger partial charge in [0.25, 0.3) is 0 Å². The van der Waals surface area contributed by atoms with E-state index in [0.29, 0.717) is 5.56 Å². The maximum Gasteiger partial charge on any atom is 0.341 e. The number of aliphatic carboxylic acids is 1. The highest BCUT2D eigenvalue weighted by molar-refractivity contribution is 5.77. The van der Waals surface area contributed by atoms with Crippen LogP contribution in [-0.2, 0) is 11.2 Å². The fourth-order valence-corrected chi connectivity index (χ4v) is 1.13. The van der Waals surface area contributed by atoms with Crippen LogP contribution in [0.3, 0.4) is 0 Å². The summed E-state index contributed by atoms with van der Waals surface area (Å²) in [5, 5.41) is 17.6. The molecular weight excluding hydrogens is 187 g/mol. The molecule has 14 heavy (non-hydrogen) atoms. The molecule has 0 heterocycles. The molecular formula is C10H11FO3. The predicted molar refractivity (Wildman–Crippen MR) is 49.0 cm³/mol. The average Bonchev–Trinajstić information content (AvgIpc) is 2.02. The Kier molecular flexibility index (Phi) is 2.74. The molecule has 0 amide bonds. The molecule has 76 valence electrons. The van der Waals surface area contributed by atoms with E-state index >= 15 is 0 Å². The zero-order valence-corrected chi connectivity index (χ0v) is 7.70. The third-order valence-corrected chi connectivity index (χ3v) is 1.89. The largest absolute Gasteiger partial charge is 0.508 e. The van der Waals surface area contributed by atoms with Gasteiger partial charge in [-0.3, -0.25) is 0 Å². The fourth-order valence-electron chi connectivity index (χ4n) is 1.13. The normalized spacial score (nSPS) is 14.7. The van der Waals surface area contributed by atoms with Crippen LogP contribution in [0.15, 0.2) is 24.3 Å². The molecule has 4 heteroatoms. The number of phenolic OH excluding ortho intramolecular Hbond substituents is 1. The van der Waals surface area contributed by atoms with Crippen LogP contribution in [0.25, 0.3) is 0 Å². The topological polar surface area (TPSA) is 57.5 Å². The summed E-state index contributed by atoms with van der Waals surface area (Å²) >= 11 is 0. The summed E-state index contributed by atoms with van der Waals surface area (Å²) in [6.07, 6.45) is -0.253. The third kappa shape index (κ3) is 2.45. The van der Waals surface area contributed by atoms with Gasteiger partial charge in [-0.2, -0.15) is 0 Å². The molecule has 0 aliphatic rings. The molecule has 0 fully saturated rings. The highest BCUT2D eigenvalue weighted by Gasteiger charge is 2.32. The minimum atomic E-state index is -2.30. The molecule has 1 aromatic carbocycles. The van der Waals surface area contributed by atoms with Crippen molar-refractivity contribution in [2.24, 2.45) is 0 Å². The summed E-state index contributed by atoms with van der Waals surface area (Å²) in [5.74, 6) is -1.50. The molecule has 1 rings (SSSR count). The predicted octanol–water partition coefficient (Wildman–Crippen LogP) is 1.75. The number of halogens is 1. The maximum atomic E-state index is 13.3. The van der Waals surface area contributed by atoms with Crippen LogP contribution in [0, 0.1) is 0 Å². The van der Waals surface area contributed by atoms with Crippen molar-refractivity contribution in [2.45, 2.75) is 19.0 Å². The van der Waals surface area contributed by atoms with Crippen molar-refractivity contribution in [1.29, 1.82) is 0 Å². The first-order chi connectivity index (χ1) is 6.42. The van der Waals surface area contributed by atoms with Crippen LogP contribution in [0.5, 0.6) is 5.75 Å². The van der Waals surface area contributed by atoms with Crippen molar-refractivity contribution in [2.75, 3.05) is 0 Å². The van der Waals surface area contributed by atoms with Gasteiger partial charge < -0.3 is 10.2 Å². The fraction of sp³-hybridized carbons (Fsp3) is 0.300. The number of benzene rings is 1. The molecule has 0 aliphatic carbocycles. The van der Waals surface area contributed by atoms with Crippen LogP contribution < -0.4 is 0 Å². The smallest absolute Gasteiger partial charge is 0.341 e. The second-order valence-electron chi connectivity index (χ2n) is 3.35. The first-order valence-electron chi connectivity index (χ1n) is 4.12. The van der Waals surface area contributed by atoms with Crippen LogP contribution in [0.2, 0.25) is 0 Å². The standard InChI is InChI=1S/C10H11FO3/c1-10(11,9(13)14)6-7-3-2-4-8(12)5-7/h2-5,12H,6H2,1H3,(H,13,14). The van der Waals surface area contributed by atoms with Gasteiger partial charge in [0.1, 0.15) is 5.75 Å². The number of hydrogen-bond donors (Lipinski definition) is 2. The number of rotatable bonds is 3. The number of carboxylic acid groups (broad SMARTS) is 1. The Hall–Kier alpha value is -1.58. The second-order valence-corrected chi connectivity index (χ2v) is 3.35. The minimum absolute atomic E-state index is 0.00342. The quantitative estimate of drug-likeness (QED) is 0.777. The van der Waals surface area contributed by atoms with E-state index in [4.69, 9.17) is 10.2 Å². The maximum absolute atomic E-state index is 13.3. The molecule has 3 nitrogen and oxygen atoms in total. The number of hydrogen-bond acceptors (Lipinski definition) is 2. The molecule has 0 radical (unpaired) electrons. The third-order valence-electron chi connectivity index (χ3n) is 1.89. The lowest BCUT2D eigenvalue weighted by Crippen LogP contribution is -2.32. The molecule has 0 saturated heterocycles. The molecule has 0 bridgehead atoms. The van der Waals surface area contributed by atoms with Crippen LogP contribution in [0.1, 0.15) is 12.5 Å². The van der Waals surface area contributed by atoms with Crippen molar-refractivity contribution in [3.8, 4) is 5.75 Å². The minimum Gasteiger partial charge on any atom is -0.508 e. The Bertz CT molecular complexity index is 347. The van der Waals surface area contributed by atoms with E-state index in [1.54, 1.807) is 12.1 Å². The lowest BCUT2D eigenvalue weighted by atomic mass is 9.98. The summed E-state index contributed by atoms with van der Waals surface area (Å²) in [6.45, 7) is 0.999. The van der Waals surface area contributed by atoms with E-state index in [-0.39, 0.29) is 12.2 Å². The Morgan fingerprint density at radius 1 is 1.57 bits per heavy atom. The van der Waals surface area contributed by atoms with E-state index in [0.717, 1.165) is 6.92 Å². The summed E-state index contributed by atoms with van der Waals surface area (Å²) < 4.78 is 13.3. The lowest BCUT2D eigenvalue weighted by Gasteiger charge is -2.14. The van der Waals surface area contributed by atoms with Crippen molar-refractivity contribution in [3.05, 3.63) is 29.8 Å². The molecule has 0 spiro atoms. The molecule has 2 N–H and O–H groups in total. The molecule has 0 aromatic heterocycles. The van der Waals surface area contributed by atoms with Gasteiger partial charge in [-0.05, 0) is 24.6 Å². The number of phenols is 1. The lowest BCUT2D eigenvalue weighted by molar-refractivity contribution is -0.149. The van der Waals surface area contributed by atoms with E-state index < -0.39 is 11.6 Å². The Morgan fingerprint density at radius 3 is 2.71 bits per heavy atom. The van der Waals surface area contributed by atoms with Gasteiger partial charge in [-0.1, -0.05) is 12.1 Å². The molecule has 1 atom stereocenters. The van der Waals surface area contributed by atoms with Gasteiger partial charge >= 0.3 is 5.97 Å². The van der Waals surface area contributed by atoms with Crippen molar-refractivity contribution >= 4 is 5.97 Å². The SMILES string of the molecule is CC(F)(Cc1cccc(O)c1)C(=O)O. The summed E-state index contributed by atoms with van der Waals surface area (Å²) in [7, 11) is 0. The van der Waals surface area contributed by atoms with Gasteiger partial charge in [0.2, 0.25) is 5.67 Å². The number of carboxylic acids is 1. The van der Waals surface area contributed by atoms with Crippen LogP contribution in [0.4, 0.5) is 4.39 Å². The Morgan fingerprint density at radius 2 is 2.21 bits per heavy atom. The second kappa shape index (κ2) is 3.65. The summed E-state index contributed by atoms with van der Waals surface area (Å²) in [4.78, 5) is 10.5. The van der Waals surface area contributed by atoms with Gasteiger partial charge in [-0.15, -0.1) is 0 Å². The van der Waals surface area contributed by atoms with E-state index in [1.807, 2.05) is 0 Å². The van der Waals surface area contributed by atoms with Crippen LogP contribution in [-0.4, -0.2) is 21.9 Å². The molecule has 1 aromatic rings. The summed E-state index contributed by atoms with van der Waals surface area (Å²) in [5.41, 5.74) is -1.84. The highest BCUT2D eigenvalue weighted by Crippen LogP contribution is 2.20. The van der Waals surface area contributed by atoms with Gasteiger partial charge in [0.05, 0.1) is 0 Å². The van der Waals surface area contributed by atoms with Gasteiger partial charge in [0, 0.05) is 6.42 Å². The zero-order valence-electron chi connectivity index (χ0n) is 7.70. The zero-order chi connectivity index (χ0) is 10.8. The molecule has 1 unspecified atom stereocenters. The van der Waals surface area contributed by atoms with Gasteiger partial charge in [-0.25, -0.2) is 9.18 Å². The van der Waals surface area contributed by atoms with Gasteiger partial charge in [0.15, 0.2) is 0 Å². The Balaban J connectivity index is 2.83. The van der Waals surface area contributed by atoms with Crippen molar-refractivity contribution in [3.63, 3.8) is 0 Å². The average molecular weight is 198 g/mol. The first-order valence-corrected chi connectivity index (χ1v) is 4.12. The first kappa shape index (κ1) is 10.5. The summed E-state index contributed by atoms with van der Waals surface area (Å²) in [6, 6.07) is 5.91. The highest BCUT2D eigenvalue weighted by atomic mass is 19.1. The van der Waals surface area contributed by atoms with E-state index in [9.17, 15) is 9.18 Å². The van der Waals surface area contributed by atoms with E-state index in [2.05, 4.69) is 0 Å². The van der Waals surface area contributed by atoms with Crippen molar-refractivity contribution < 1.29 is 19.4 Å². The molecule has 0 saturated carbocycles. The monoisotopic (exact) mass is 198 g/mol. The van der Waals surface area contributed by atoms with Crippen LogP contribution >= 0.6 is 0 Å². The number of alkyl halides is 1. The number of carbonyl (C=O) groups is 1. The number of aromatic hydroxyl groups is 1. The van der Waals surface area contributed by atoms with E-state index in [1.165, 1.54) is 12.1 Å².